The molecule has 3 aromatic rings. The van der Waals surface area contributed by atoms with Crippen molar-refractivity contribution in [1.29, 1.82) is 0 Å². The SMILES string of the molecule is NCCc1ccccc1-c1nc(-c2ccccc2F)no1. The molecule has 0 bridgehead atoms. The molecule has 0 aliphatic carbocycles. The minimum Gasteiger partial charge on any atom is -0.334 e. The number of hydrogen-bond donors (Lipinski definition) is 1. The van der Waals surface area contributed by atoms with Crippen LogP contribution in [0.1, 0.15) is 5.56 Å². The molecule has 0 aliphatic rings. The number of benzene rings is 2. The van der Waals surface area contributed by atoms with Gasteiger partial charge in [-0.25, -0.2) is 4.39 Å². The Balaban J connectivity index is 2.01. The summed E-state index contributed by atoms with van der Waals surface area (Å²) in [6.45, 7) is 0.533. The highest BCUT2D eigenvalue weighted by molar-refractivity contribution is 5.62. The quantitative estimate of drug-likeness (QED) is 0.799. The average Bonchev–Trinajstić information content (AvgIpc) is 2.98. The lowest BCUT2D eigenvalue weighted by Crippen LogP contribution is -2.03. The molecule has 0 spiro atoms. The average molecular weight is 283 g/mol. The van der Waals surface area contributed by atoms with E-state index in [0.717, 1.165) is 11.1 Å². The van der Waals surface area contributed by atoms with Crippen molar-refractivity contribution in [2.75, 3.05) is 6.54 Å². The fourth-order valence-electron chi connectivity index (χ4n) is 2.19. The summed E-state index contributed by atoms with van der Waals surface area (Å²) >= 11 is 0. The van der Waals surface area contributed by atoms with Gasteiger partial charge in [0.25, 0.3) is 5.89 Å². The number of aromatic nitrogens is 2. The molecule has 0 atom stereocenters. The zero-order valence-electron chi connectivity index (χ0n) is 11.3. The van der Waals surface area contributed by atoms with Crippen molar-refractivity contribution in [3.8, 4) is 22.8 Å². The molecule has 3 rings (SSSR count). The Kier molecular flexibility index (Phi) is 3.75. The maximum atomic E-state index is 13.7. The summed E-state index contributed by atoms with van der Waals surface area (Å²) in [6.07, 6.45) is 0.716. The molecule has 0 saturated carbocycles. The lowest BCUT2D eigenvalue weighted by Gasteiger charge is -2.03. The van der Waals surface area contributed by atoms with Crippen LogP contribution in [0, 0.1) is 5.82 Å². The van der Waals surface area contributed by atoms with E-state index >= 15 is 0 Å². The first-order chi connectivity index (χ1) is 10.3. The molecule has 0 amide bonds. The van der Waals surface area contributed by atoms with E-state index < -0.39 is 0 Å². The van der Waals surface area contributed by atoms with Crippen molar-refractivity contribution in [2.24, 2.45) is 5.73 Å². The van der Waals surface area contributed by atoms with Crippen molar-refractivity contribution in [3.63, 3.8) is 0 Å². The topological polar surface area (TPSA) is 64.9 Å². The van der Waals surface area contributed by atoms with E-state index in [4.69, 9.17) is 10.3 Å². The Hall–Kier alpha value is -2.53. The molecule has 0 aliphatic heterocycles. The lowest BCUT2D eigenvalue weighted by molar-refractivity contribution is 0.431. The largest absolute Gasteiger partial charge is 0.334 e. The summed E-state index contributed by atoms with van der Waals surface area (Å²) in [5.41, 5.74) is 7.79. The molecule has 0 fully saturated rings. The van der Waals surface area contributed by atoms with Crippen molar-refractivity contribution in [2.45, 2.75) is 6.42 Å². The number of hydrogen-bond acceptors (Lipinski definition) is 4. The van der Waals surface area contributed by atoms with Gasteiger partial charge in [-0.05, 0) is 36.7 Å². The van der Waals surface area contributed by atoms with Crippen LogP contribution in [-0.2, 0) is 6.42 Å². The smallest absolute Gasteiger partial charge is 0.258 e. The maximum Gasteiger partial charge on any atom is 0.258 e. The van der Waals surface area contributed by atoms with Gasteiger partial charge in [-0.15, -0.1) is 0 Å². The summed E-state index contributed by atoms with van der Waals surface area (Å²) in [6, 6.07) is 14.0. The molecule has 0 unspecified atom stereocenters. The lowest BCUT2D eigenvalue weighted by atomic mass is 10.0. The first-order valence-corrected chi connectivity index (χ1v) is 6.66. The minimum atomic E-state index is -0.375. The molecule has 1 heterocycles. The molecule has 2 N–H and O–H groups in total. The third-order valence-corrected chi connectivity index (χ3v) is 3.20. The van der Waals surface area contributed by atoms with Crippen molar-refractivity contribution < 1.29 is 8.91 Å². The maximum absolute atomic E-state index is 13.7. The minimum absolute atomic E-state index is 0.241. The Morgan fingerprint density at radius 2 is 1.71 bits per heavy atom. The third-order valence-electron chi connectivity index (χ3n) is 3.20. The van der Waals surface area contributed by atoms with E-state index in [1.807, 2.05) is 24.3 Å². The Morgan fingerprint density at radius 3 is 2.48 bits per heavy atom. The summed E-state index contributed by atoms with van der Waals surface area (Å²) < 4.78 is 19.0. The molecule has 0 saturated heterocycles. The first kappa shape index (κ1) is 13.5. The Labute approximate surface area is 121 Å². The van der Waals surface area contributed by atoms with E-state index in [-0.39, 0.29) is 11.6 Å². The summed E-state index contributed by atoms with van der Waals surface area (Å²) in [4.78, 5) is 4.30. The zero-order valence-corrected chi connectivity index (χ0v) is 11.3. The van der Waals surface area contributed by atoms with Gasteiger partial charge in [0.2, 0.25) is 5.82 Å². The number of rotatable bonds is 4. The molecular weight excluding hydrogens is 269 g/mol. The Bertz CT molecular complexity index is 755. The predicted molar refractivity (Wildman–Crippen MR) is 77.9 cm³/mol. The third kappa shape index (κ3) is 2.68. The second-order valence-corrected chi connectivity index (χ2v) is 4.60. The molecule has 0 radical (unpaired) electrons. The zero-order chi connectivity index (χ0) is 14.7. The van der Waals surface area contributed by atoms with Gasteiger partial charge >= 0.3 is 0 Å². The summed E-state index contributed by atoms with van der Waals surface area (Å²) in [7, 11) is 0. The van der Waals surface area contributed by atoms with Crippen LogP contribution < -0.4 is 5.73 Å². The van der Waals surface area contributed by atoms with Gasteiger partial charge in [0, 0.05) is 5.56 Å². The van der Waals surface area contributed by atoms with Crippen molar-refractivity contribution >= 4 is 0 Å². The normalized spacial score (nSPS) is 10.8. The number of nitrogens with zero attached hydrogens (tertiary/aromatic N) is 2. The van der Waals surface area contributed by atoms with Gasteiger partial charge in [0.15, 0.2) is 0 Å². The fourth-order valence-corrected chi connectivity index (χ4v) is 2.19. The van der Waals surface area contributed by atoms with Gasteiger partial charge in [-0.2, -0.15) is 4.98 Å². The van der Waals surface area contributed by atoms with Crippen LogP contribution in [0.4, 0.5) is 4.39 Å². The molecule has 2 aromatic carbocycles. The van der Waals surface area contributed by atoms with Crippen molar-refractivity contribution in [3.05, 3.63) is 59.9 Å². The fraction of sp³-hybridized carbons (Fsp3) is 0.125. The first-order valence-electron chi connectivity index (χ1n) is 6.66. The van der Waals surface area contributed by atoms with E-state index in [9.17, 15) is 4.39 Å². The van der Waals surface area contributed by atoms with Gasteiger partial charge in [-0.1, -0.05) is 35.5 Å². The van der Waals surface area contributed by atoms with Gasteiger partial charge < -0.3 is 10.3 Å². The monoisotopic (exact) mass is 283 g/mol. The Morgan fingerprint density at radius 1 is 1.00 bits per heavy atom. The van der Waals surface area contributed by atoms with Crippen LogP contribution in [0.5, 0.6) is 0 Å². The van der Waals surface area contributed by atoms with Gasteiger partial charge in [0.1, 0.15) is 5.82 Å². The number of nitrogens with two attached hydrogens (primary N) is 1. The summed E-state index contributed by atoms with van der Waals surface area (Å²) in [5, 5.41) is 3.87. The molecule has 4 nitrogen and oxygen atoms in total. The van der Waals surface area contributed by atoms with E-state index in [1.165, 1.54) is 6.07 Å². The molecule has 21 heavy (non-hydrogen) atoms. The van der Waals surface area contributed by atoms with Crippen molar-refractivity contribution in [1.82, 2.24) is 10.1 Å². The van der Waals surface area contributed by atoms with Crippen LogP contribution in [0.2, 0.25) is 0 Å². The molecule has 1 aromatic heterocycles. The van der Waals surface area contributed by atoms with Crippen LogP contribution in [0.3, 0.4) is 0 Å². The van der Waals surface area contributed by atoms with E-state index in [1.54, 1.807) is 18.2 Å². The predicted octanol–water partition coefficient (Wildman–Crippen LogP) is 3.04. The molecular formula is C16H14FN3O. The standard InChI is InChI=1S/C16H14FN3O/c17-14-8-4-3-7-13(14)15-19-16(21-20-15)12-6-2-1-5-11(12)9-10-18/h1-8H,9-10,18H2. The van der Waals surface area contributed by atoms with Crippen LogP contribution in [0.15, 0.2) is 53.1 Å². The second kappa shape index (κ2) is 5.85. The molecule has 5 heteroatoms. The van der Waals surface area contributed by atoms with E-state index in [0.29, 0.717) is 24.4 Å². The highest BCUT2D eigenvalue weighted by Gasteiger charge is 2.15. The highest BCUT2D eigenvalue weighted by Crippen LogP contribution is 2.26. The van der Waals surface area contributed by atoms with E-state index in [2.05, 4.69) is 10.1 Å². The van der Waals surface area contributed by atoms with Gasteiger partial charge in [0.05, 0.1) is 5.56 Å². The molecule has 106 valence electrons. The van der Waals surface area contributed by atoms with Crippen LogP contribution in [-0.4, -0.2) is 16.7 Å². The van der Waals surface area contributed by atoms with Gasteiger partial charge in [-0.3, -0.25) is 0 Å². The second-order valence-electron chi connectivity index (χ2n) is 4.60. The highest BCUT2D eigenvalue weighted by atomic mass is 19.1. The number of halogens is 1. The van der Waals surface area contributed by atoms with Crippen LogP contribution in [0.25, 0.3) is 22.8 Å². The van der Waals surface area contributed by atoms with Crippen LogP contribution >= 0.6 is 0 Å². The summed E-state index contributed by atoms with van der Waals surface area (Å²) in [5.74, 6) is 0.239.